The van der Waals surface area contributed by atoms with E-state index in [1.165, 1.54) is 0 Å². The van der Waals surface area contributed by atoms with Gasteiger partial charge in [-0.25, -0.2) is 0 Å². The van der Waals surface area contributed by atoms with Gasteiger partial charge in [0, 0.05) is 23.5 Å². The maximum Gasteiger partial charge on any atom is 0.193 e. The lowest BCUT2D eigenvalue weighted by Crippen LogP contribution is -2.04. The van der Waals surface area contributed by atoms with Gasteiger partial charge in [-0.1, -0.05) is 24.3 Å². The number of carbonyl (C=O) groups excluding carboxylic acids is 1. The summed E-state index contributed by atoms with van der Waals surface area (Å²) in [4.78, 5) is 16.0. The Bertz CT molecular complexity index is 491. The lowest BCUT2D eigenvalue weighted by atomic mass is 10.0. The highest BCUT2D eigenvalue weighted by atomic mass is 16.1. The first kappa shape index (κ1) is 11.5. The van der Waals surface area contributed by atoms with Gasteiger partial charge in [-0.2, -0.15) is 0 Å². The van der Waals surface area contributed by atoms with Gasteiger partial charge in [0.2, 0.25) is 0 Å². The quantitative estimate of drug-likeness (QED) is 0.809. The summed E-state index contributed by atoms with van der Waals surface area (Å²) in [7, 11) is 0. The second-order valence-electron chi connectivity index (χ2n) is 3.80. The van der Waals surface area contributed by atoms with E-state index in [-0.39, 0.29) is 5.78 Å². The number of aromatic nitrogens is 1. The zero-order valence-electron chi connectivity index (χ0n) is 9.47. The summed E-state index contributed by atoms with van der Waals surface area (Å²) in [6.45, 7) is 0.623. The van der Waals surface area contributed by atoms with Gasteiger partial charge in [-0.3, -0.25) is 9.78 Å². The van der Waals surface area contributed by atoms with Crippen LogP contribution in [0.25, 0.3) is 0 Å². The first-order valence-electron chi connectivity index (χ1n) is 5.55. The number of benzene rings is 1. The molecular weight excluding hydrogens is 212 g/mol. The minimum absolute atomic E-state index is 0.0201. The fourth-order valence-electron chi connectivity index (χ4n) is 1.66. The predicted molar refractivity (Wildman–Crippen MR) is 66.9 cm³/mol. The van der Waals surface area contributed by atoms with E-state index in [4.69, 9.17) is 5.73 Å². The van der Waals surface area contributed by atoms with Crippen LogP contribution in [-0.4, -0.2) is 17.3 Å². The highest BCUT2D eigenvalue weighted by molar-refractivity contribution is 6.08. The van der Waals surface area contributed by atoms with Crippen LogP contribution in [0.3, 0.4) is 0 Å². The lowest BCUT2D eigenvalue weighted by Gasteiger charge is -2.02. The molecule has 0 radical (unpaired) electrons. The largest absolute Gasteiger partial charge is 0.330 e. The molecule has 2 aromatic rings. The molecule has 3 heteroatoms. The van der Waals surface area contributed by atoms with Gasteiger partial charge in [-0.05, 0) is 30.7 Å². The Kier molecular flexibility index (Phi) is 3.62. The van der Waals surface area contributed by atoms with E-state index in [0.717, 1.165) is 12.0 Å². The van der Waals surface area contributed by atoms with Crippen molar-refractivity contribution in [2.24, 2.45) is 5.73 Å². The molecule has 3 nitrogen and oxygen atoms in total. The molecule has 0 aliphatic carbocycles. The molecule has 0 saturated heterocycles. The van der Waals surface area contributed by atoms with Crippen LogP contribution in [0, 0.1) is 0 Å². The first-order chi connectivity index (χ1) is 8.31. The molecule has 0 spiro atoms. The Hall–Kier alpha value is -2.00. The molecule has 1 aromatic heterocycles. The summed E-state index contributed by atoms with van der Waals surface area (Å²) in [5.41, 5.74) is 7.98. The lowest BCUT2D eigenvalue weighted by molar-refractivity contribution is 0.103. The molecule has 0 fully saturated rings. The van der Waals surface area contributed by atoms with Gasteiger partial charge in [0.1, 0.15) is 0 Å². The van der Waals surface area contributed by atoms with Gasteiger partial charge in [0.25, 0.3) is 0 Å². The normalized spacial score (nSPS) is 10.2. The van der Waals surface area contributed by atoms with E-state index in [0.29, 0.717) is 17.7 Å². The molecule has 0 saturated carbocycles. The molecule has 0 atom stereocenters. The van der Waals surface area contributed by atoms with Crippen molar-refractivity contribution in [3.63, 3.8) is 0 Å². The van der Waals surface area contributed by atoms with Gasteiger partial charge < -0.3 is 5.73 Å². The smallest absolute Gasteiger partial charge is 0.193 e. The van der Waals surface area contributed by atoms with Crippen molar-refractivity contribution < 1.29 is 4.79 Å². The summed E-state index contributed by atoms with van der Waals surface area (Å²) in [5, 5.41) is 0. The van der Waals surface area contributed by atoms with Crippen LogP contribution in [0.4, 0.5) is 0 Å². The molecule has 0 aliphatic heterocycles. The molecule has 0 unspecified atom stereocenters. The average Bonchev–Trinajstić information content (AvgIpc) is 2.40. The van der Waals surface area contributed by atoms with Crippen molar-refractivity contribution in [1.29, 1.82) is 0 Å². The Labute approximate surface area is 100 Å². The molecular formula is C14H14N2O. The van der Waals surface area contributed by atoms with Gasteiger partial charge >= 0.3 is 0 Å². The number of hydrogen-bond acceptors (Lipinski definition) is 3. The van der Waals surface area contributed by atoms with Crippen LogP contribution < -0.4 is 5.73 Å². The number of ketones is 1. The monoisotopic (exact) mass is 226 g/mol. The molecule has 0 amide bonds. The second kappa shape index (κ2) is 5.37. The van der Waals surface area contributed by atoms with Crippen molar-refractivity contribution in [2.75, 3.05) is 6.54 Å². The molecule has 0 bridgehead atoms. The van der Waals surface area contributed by atoms with Crippen LogP contribution in [-0.2, 0) is 6.42 Å². The highest BCUT2D eigenvalue weighted by Gasteiger charge is 2.07. The summed E-state index contributed by atoms with van der Waals surface area (Å²) in [5.74, 6) is 0.0201. The number of hydrogen-bond donors (Lipinski definition) is 1. The number of nitrogens with two attached hydrogens (primary N) is 1. The Balaban J connectivity index is 2.20. The molecule has 1 aromatic carbocycles. The number of carbonyl (C=O) groups is 1. The van der Waals surface area contributed by atoms with Crippen LogP contribution in [0.2, 0.25) is 0 Å². The molecule has 2 rings (SSSR count). The van der Waals surface area contributed by atoms with Crippen molar-refractivity contribution in [2.45, 2.75) is 6.42 Å². The van der Waals surface area contributed by atoms with Crippen molar-refractivity contribution in [3.05, 3.63) is 65.5 Å². The molecule has 0 aliphatic rings. The zero-order valence-corrected chi connectivity index (χ0v) is 9.47. The molecule has 86 valence electrons. The highest BCUT2D eigenvalue weighted by Crippen LogP contribution is 2.10. The van der Waals surface area contributed by atoms with Crippen molar-refractivity contribution in [1.82, 2.24) is 4.98 Å². The van der Waals surface area contributed by atoms with Gasteiger partial charge in [0.15, 0.2) is 5.78 Å². The maximum absolute atomic E-state index is 12.1. The van der Waals surface area contributed by atoms with E-state index in [1.54, 1.807) is 24.5 Å². The fourth-order valence-corrected chi connectivity index (χ4v) is 1.66. The van der Waals surface area contributed by atoms with Crippen LogP contribution in [0.15, 0.2) is 48.8 Å². The summed E-state index contributed by atoms with van der Waals surface area (Å²) >= 11 is 0. The number of rotatable bonds is 4. The third-order valence-corrected chi connectivity index (χ3v) is 2.59. The van der Waals surface area contributed by atoms with E-state index >= 15 is 0 Å². The van der Waals surface area contributed by atoms with Gasteiger partial charge in [-0.15, -0.1) is 0 Å². The SMILES string of the molecule is NCCc1ccc(C(=O)c2ccncc2)cc1. The maximum atomic E-state index is 12.1. The number of nitrogens with zero attached hydrogens (tertiary/aromatic N) is 1. The third-order valence-electron chi connectivity index (χ3n) is 2.59. The van der Waals surface area contributed by atoms with E-state index in [1.807, 2.05) is 24.3 Å². The zero-order chi connectivity index (χ0) is 12.1. The Morgan fingerprint density at radius 1 is 1.00 bits per heavy atom. The first-order valence-corrected chi connectivity index (χ1v) is 5.55. The van der Waals surface area contributed by atoms with Crippen LogP contribution >= 0.6 is 0 Å². The van der Waals surface area contributed by atoms with E-state index < -0.39 is 0 Å². The van der Waals surface area contributed by atoms with Crippen molar-refractivity contribution >= 4 is 5.78 Å². The summed E-state index contributed by atoms with van der Waals surface area (Å²) in [6.07, 6.45) is 4.08. The van der Waals surface area contributed by atoms with Gasteiger partial charge in [0.05, 0.1) is 0 Å². The topological polar surface area (TPSA) is 56.0 Å². The second-order valence-corrected chi connectivity index (χ2v) is 3.80. The van der Waals surface area contributed by atoms with Crippen LogP contribution in [0.5, 0.6) is 0 Å². The third kappa shape index (κ3) is 2.77. The minimum atomic E-state index is 0.0201. The van der Waals surface area contributed by atoms with Crippen molar-refractivity contribution in [3.8, 4) is 0 Å². The predicted octanol–water partition coefficient (Wildman–Crippen LogP) is 1.81. The minimum Gasteiger partial charge on any atom is -0.330 e. The Morgan fingerprint density at radius 2 is 1.59 bits per heavy atom. The standard InChI is InChI=1S/C14H14N2O/c15-8-5-11-1-3-12(4-2-11)14(17)13-6-9-16-10-7-13/h1-4,6-7,9-10H,5,8,15H2. The molecule has 17 heavy (non-hydrogen) atoms. The van der Waals surface area contributed by atoms with E-state index in [2.05, 4.69) is 4.98 Å². The van der Waals surface area contributed by atoms with E-state index in [9.17, 15) is 4.79 Å². The Morgan fingerprint density at radius 3 is 2.18 bits per heavy atom. The summed E-state index contributed by atoms with van der Waals surface area (Å²) < 4.78 is 0. The fraction of sp³-hybridized carbons (Fsp3) is 0.143. The molecule has 1 heterocycles. The van der Waals surface area contributed by atoms with Crippen LogP contribution in [0.1, 0.15) is 21.5 Å². The number of pyridine rings is 1. The average molecular weight is 226 g/mol. The molecule has 2 N–H and O–H groups in total. The summed E-state index contributed by atoms with van der Waals surface area (Å²) in [6, 6.07) is 11.0.